The van der Waals surface area contributed by atoms with Crippen LogP contribution in [0.3, 0.4) is 0 Å². The van der Waals surface area contributed by atoms with E-state index in [1.807, 2.05) is 93.6 Å². The van der Waals surface area contributed by atoms with Crippen LogP contribution in [0.15, 0.2) is 210 Å². The number of aliphatic carboxylic acids is 1. The monoisotopic (exact) mass is 1350 g/mol. The zero-order valence-corrected chi connectivity index (χ0v) is 53.3. The number of hydrogen-bond acceptors (Lipinski definition) is 22. The first kappa shape index (κ1) is 64.3. The molecule has 97 heavy (non-hydrogen) atoms. The highest BCUT2D eigenvalue weighted by molar-refractivity contribution is 7.15. The van der Waals surface area contributed by atoms with Gasteiger partial charge in [0.05, 0.1) is 14.8 Å². The van der Waals surface area contributed by atoms with Gasteiger partial charge in [-0.25, -0.2) is 0 Å². The SMILES string of the molecule is CC(=O)O.Cc1ccccc1-c1nc2s/c(=C\c3ccc(-c4cccc([N+](=O)[O-])c4)o3)c(=O)n2n1.Cc1ccccc1-c1nc2s/c(=C\c3ccc(-c4cccc([N+](=O)[O-])c4)o3)c(=O)n2n1.Cc1ccccc1-c1nc2s/c(=C\c3ccc(-c4cccc([N+](=O)[O-])c4)o3)c(=O)n2n1. The molecule has 6 aromatic carbocycles. The Bertz CT molecular complexity index is 5370. The summed E-state index contributed by atoms with van der Waals surface area (Å²) < 4.78 is 22.5. The first-order valence-corrected chi connectivity index (χ1v) is 31.3. The van der Waals surface area contributed by atoms with Crippen LogP contribution in [-0.2, 0) is 4.79 Å². The maximum Gasteiger partial charge on any atom is 0.300 e. The minimum Gasteiger partial charge on any atom is -0.481 e. The summed E-state index contributed by atoms with van der Waals surface area (Å²) >= 11 is 3.67. The summed E-state index contributed by atoms with van der Waals surface area (Å²) in [5.41, 5.74) is 6.62. The van der Waals surface area contributed by atoms with Gasteiger partial charge in [0.1, 0.15) is 48.2 Å². The molecule has 0 saturated carbocycles. The quantitative estimate of drug-likeness (QED) is 0.0877. The molecule has 0 fully saturated rings. The smallest absolute Gasteiger partial charge is 0.300 e. The zero-order valence-electron chi connectivity index (χ0n) is 50.9. The lowest BCUT2D eigenvalue weighted by Gasteiger charge is -1.98. The van der Waals surface area contributed by atoms with Gasteiger partial charge in [0.25, 0.3) is 39.7 Å². The number of non-ortho nitro benzene ring substituents is 3. The fourth-order valence-electron chi connectivity index (χ4n) is 9.78. The van der Waals surface area contributed by atoms with E-state index in [4.69, 9.17) is 23.2 Å². The fraction of sp³-hybridized carbons (Fsp3) is 0.0588. The Morgan fingerprint density at radius 1 is 0.423 bits per heavy atom. The van der Waals surface area contributed by atoms with Crippen molar-refractivity contribution in [3.8, 4) is 68.1 Å². The number of carbonyl (C=O) groups is 1. The predicted molar refractivity (Wildman–Crippen MR) is 364 cm³/mol. The van der Waals surface area contributed by atoms with Crippen LogP contribution in [0.4, 0.5) is 17.1 Å². The minimum absolute atomic E-state index is 0.0173. The van der Waals surface area contributed by atoms with Gasteiger partial charge in [0, 0.05) is 94.9 Å². The molecule has 9 aromatic heterocycles. The van der Waals surface area contributed by atoms with Crippen LogP contribution >= 0.6 is 34.0 Å². The summed E-state index contributed by atoms with van der Waals surface area (Å²) in [6, 6.07) is 52.0. The lowest BCUT2D eigenvalue weighted by molar-refractivity contribution is -0.385. The second-order valence-electron chi connectivity index (χ2n) is 21.1. The molecule has 0 aliphatic rings. The predicted octanol–water partition coefficient (Wildman–Crippen LogP) is 11.6. The summed E-state index contributed by atoms with van der Waals surface area (Å²) in [5, 5.41) is 53.5. The van der Waals surface area contributed by atoms with E-state index in [9.17, 15) is 44.7 Å². The van der Waals surface area contributed by atoms with Crippen molar-refractivity contribution >= 4 is 90.2 Å². The van der Waals surface area contributed by atoms with Gasteiger partial charge in [-0.2, -0.15) is 28.5 Å². The van der Waals surface area contributed by atoms with Crippen LogP contribution in [0, 0.1) is 51.1 Å². The Morgan fingerprint density at radius 3 is 0.938 bits per heavy atom. The van der Waals surface area contributed by atoms with Gasteiger partial charge in [-0.15, -0.1) is 15.3 Å². The molecule has 0 atom stereocenters. The van der Waals surface area contributed by atoms with E-state index in [1.54, 1.807) is 91.0 Å². The van der Waals surface area contributed by atoms with Gasteiger partial charge in [0.2, 0.25) is 14.9 Å². The Labute approximate surface area is 555 Å². The van der Waals surface area contributed by atoms with Gasteiger partial charge in [-0.1, -0.05) is 143 Å². The molecular weight excluding hydrogens is 1310 g/mol. The molecule has 0 unspecified atom stereocenters. The highest BCUT2D eigenvalue weighted by atomic mass is 32.1. The van der Waals surface area contributed by atoms with Crippen LogP contribution in [-0.4, -0.2) is 69.6 Å². The second-order valence-corrected chi connectivity index (χ2v) is 24.2. The number of hydrogen-bond donors (Lipinski definition) is 1. The van der Waals surface area contributed by atoms with Crippen LogP contribution in [0.5, 0.6) is 0 Å². The van der Waals surface area contributed by atoms with E-state index in [-0.39, 0.29) is 33.7 Å². The number of fused-ring (bicyclic) bond motifs is 3. The number of rotatable bonds is 12. The van der Waals surface area contributed by atoms with Gasteiger partial charge in [-0.3, -0.25) is 49.5 Å². The number of nitro groups is 3. The number of carboxylic acid groups (broad SMARTS) is 1. The number of nitro benzene ring substituents is 3. The summed E-state index contributed by atoms with van der Waals surface area (Å²) in [7, 11) is 0. The van der Waals surface area contributed by atoms with Crippen molar-refractivity contribution in [1.29, 1.82) is 0 Å². The average molecular weight is 1350 g/mol. The molecule has 0 saturated heterocycles. The van der Waals surface area contributed by atoms with E-state index in [2.05, 4.69) is 30.2 Å². The molecule has 9 heterocycles. The highest BCUT2D eigenvalue weighted by Gasteiger charge is 2.19. The molecule has 0 amide bonds. The Morgan fingerprint density at radius 2 is 0.691 bits per heavy atom. The number of furan rings is 3. The molecule has 29 heteroatoms. The molecule has 1 N–H and O–H groups in total. The van der Waals surface area contributed by atoms with Crippen molar-refractivity contribution in [2.45, 2.75) is 27.7 Å². The largest absolute Gasteiger partial charge is 0.481 e. The van der Waals surface area contributed by atoms with Crippen LogP contribution < -0.4 is 30.3 Å². The number of thiazole rings is 3. The third kappa shape index (κ3) is 14.1. The van der Waals surface area contributed by atoms with Gasteiger partial charge < -0.3 is 18.4 Å². The van der Waals surface area contributed by atoms with Gasteiger partial charge in [0.15, 0.2) is 17.5 Å². The van der Waals surface area contributed by atoms with Crippen molar-refractivity contribution < 1.29 is 37.9 Å². The minimum atomic E-state index is -0.833. The summed E-state index contributed by atoms with van der Waals surface area (Å²) in [6.45, 7) is 6.99. The molecular formula is C68H46N12O14S3. The molecule has 15 rings (SSSR count). The maximum atomic E-state index is 12.8. The Balaban J connectivity index is 0.000000135. The number of aryl methyl sites for hydroxylation is 3. The Hall–Kier alpha value is -12.9. The standard InChI is InChI=1S/3C22H14N4O4S.C2H4O2/c3*1-13-5-2-3-8-17(13)20-23-22-25(24-20)21(27)19(31-22)12-16-9-10-18(30-16)14-6-4-7-15(11-14)26(28)29;1-2(3)4/h3*2-12H,1H3;1H3,(H,3,4)/b3*19-12-;. The van der Waals surface area contributed by atoms with Crippen molar-refractivity contribution in [2.24, 2.45) is 0 Å². The average Bonchev–Trinajstić information content (AvgIpc) is 1.60. The third-order valence-corrected chi connectivity index (χ3v) is 17.3. The molecule has 26 nitrogen and oxygen atoms in total. The summed E-state index contributed by atoms with van der Waals surface area (Å²) in [4.78, 5) is 93.9. The van der Waals surface area contributed by atoms with Gasteiger partial charge >= 0.3 is 0 Å². The molecule has 15 aromatic rings. The van der Waals surface area contributed by atoms with Crippen LogP contribution in [0.2, 0.25) is 0 Å². The second kappa shape index (κ2) is 27.4. The molecule has 0 aliphatic carbocycles. The van der Waals surface area contributed by atoms with Crippen molar-refractivity contribution in [1.82, 2.24) is 43.8 Å². The van der Waals surface area contributed by atoms with Crippen LogP contribution in [0.1, 0.15) is 40.9 Å². The molecule has 0 aliphatic heterocycles. The molecule has 0 radical (unpaired) electrons. The highest BCUT2D eigenvalue weighted by Crippen LogP contribution is 2.30. The van der Waals surface area contributed by atoms with Crippen LogP contribution in [0.25, 0.3) is 101 Å². The van der Waals surface area contributed by atoms with Crippen molar-refractivity contribution in [3.05, 3.63) is 291 Å². The lowest BCUT2D eigenvalue weighted by atomic mass is 10.1. The Kier molecular flexibility index (Phi) is 18.1. The first-order valence-electron chi connectivity index (χ1n) is 28.9. The maximum absolute atomic E-state index is 12.8. The van der Waals surface area contributed by atoms with E-state index < -0.39 is 20.7 Å². The normalized spacial score (nSPS) is 11.7. The van der Waals surface area contributed by atoms with Gasteiger partial charge in [-0.05, 0) is 73.9 Å². The molecule has 480 valence electrons. The van der Waals surface area contributed by atoms with E-state index in [0.29, 0.717) is 97.2 Å². The molecule has 0 spiro atoms. The summed E-state index contributed by atoms with van der Waals surface area (Å²) in [5.74, 6) is 3.51. The third-order valence-electron chi connectivity index (χ3n) is 14.4. The number of benzene rings is 6. The molecule has 0 bridgehead atoms. The van der Waals surface area contributed by atoms with E-state index >= 15 is 0 Å². The number of nitrogens with zero attached hydrogens (tertiary/aromatic N) is 12. The summed E-state index contributed by atoms with van der Waals surface area (Å²) in [6.07, 6.45) is 4.87. The zero-order chi connectivity index (χ0) is 68.2. The lowest BCUT2D eigenvalue weighted by Crippen LogP contribution is -2.23. The fourth-order valence-corrected chi connectivity index (χ4v) is 12.4. The van der Waals surface area contributed by atoms with E-state index in [1.165, 1.54) is 84.0 Å². The first-order chi connectivity index (χ1) is 46.7. The van der Waals surface area contributed by atoms with Crippen molar-refractivity contribution in [3.63, 3.8) is 0 Å². The van der Waals surface area contributed by atoms with Crippen molar-refractivity contribution in [2.75, 3.05) is 0 Å². The number of carboxylic acids is 1. The van der Waals surface area contributed by atoms with E-state index in [0.717, 1.165) is 40.3 Å². The number of aromatic nitrogens is 9. The topological polar surface area (TPSA) is 348 Å².